The van der Waals surface area contributed by atoms with Gasteiger partial charge in [0.25, 0.3) is 0 Å². The van der Waals surface area contributed by atoms with Crippen LogP contribution in [0.25, 0.3) is 10.1 Å². The fraction of sp³-hybridized carbons (Fsp3) is 0. The molecule has 1 aromatic heterocycles. The molecule has 4 aromatic rings. The first-order chi connectivity index (χ1) is 13.2. The molecule has 0 amide bonds. The number of hydrogen-bond donors (Lipinski definition) is 0. The van der Waals surface area contributed by atoms with Crippen molar-refractivity contribution in [3.05, 3.63) is 94.3 Å². The average molecular weight is 392 g/mol. The van der Waals surface area contributed by atoms with Gasteiger partial charge in [-0.25, -0.2) is 4.79 Å². The smallest absolute Gasteiger partial charge is 0.343 e. The fourth-order valence-corrected chi connectivity index (χ4v) is 3.98. The zero-order valence-corrected chi connectivity index (χ0v) is 15.7. The summed E-state index contributed by atoms with van der Waals surface area (Å²) in [6.45, 7) is 0. The van der Waals surface area contributed by atoms with E-state index in [1.807, 2.05) is 36.4 Å². The van der Waals surface area contributed by atoms with Gasteiger partial charge in [0.05, 0.1) is 15.5 Å². The molecule has 3 nitrogen and oxygen atoms in total. The largest absolute Gasteiger partial charge is 0.421 e. The van der Waals surface area contributed by atoms with E-state index in [0.29, 0.717) is 22.0 Å². The quantitative estimate of drug-likeness (QED) is 0.225. The van der Waals surface area contributed by atoms with Gasteiger partial charge >= 0.3 is 5.97 Å². The van der Waals surface area contributed by atoms with Crippen molar-refractivity contribution in [3.8, 4) is 5.75 Å². The molecule has 1 heterocycles. The molecule has 27 heavy (non-hydrogen) atoms. The number of fused-ring (bicyclic) bond motifs is 1. The number of ether oxygens (including phenoxy) is 1. The van der Waals surface area contributed by atoms with Gasteiger partial charge in [-0.3, -0.25) is 4.99 Å². The minimum absolute atomic E-state index is 0.403. The summed E-state index contributed by atoms with van der Waals surface area (Å²) < 4.78 is 6.63. The number of carbonyl (C=O) groups is 1. The first kappa shape index (κ1) is 17.5. The zero-order valence-electron chi connectivity index (χ0n) is 14.1. The Kier molecular flexibility index (Phi) is 5.01. The van der Waals surface area contributed by atoms with Gasteiger partial charge in [-0.2, -0.15) is 0 Å². The van der Waals surface area contributed by atoms with E-state index in [4.69, 9.17) is 16.3 Å². The van der Waals surface area contributed by atoms with Crippen LogP contribution in [0.5, 0.6) is 5.75 Å². The Morgan fingerprint density at radius 2 is 1.63 bits per heavy atom. The predicted octanol–water partition coefficient (Wildman–Crippen LogP) is 6.52. The maximum atomic E-state index is 12.3. The monoisotopic (exact) mass is 391 g/mol. The van der Waals surface area contributed by atoms with Crippen LogP contribution < -0.4 is 4.74 Å². The summed E-state index contributed by atoms with van der Waals surface area (Å²) in [7, 11) is 0. The first-order valence-electron chi connectivity index (χ1n) is 8.30. The Hall–Kier alpha value is -2.95. The molecule has 0 saturated heterocycles. The molecule has 3 aromatic carbocycles. The Morgan fingerprint density at radius 3 is 2.44 bits per heavy atom. The Labute approximate surface area is 165 Å². The van der Waals surface area contributed by atoms with Crippen LogP contribution in [0.15, 0.2) is 83.9 Å². The summed E-state index contributed by atoms with van der Waals surface area (Å²) in [5.74, 6) is -0.0158. The molecule has 0 fully saturated rings. The van der Waals surface area contributed by atoms with E-state index < -0.39 is 5.97 Å². The molecule has 0 saturated carbocycles. The van der Waals surface area contributed by atoms with E-state index in [9.17, 15) is 4.79 Å². The standard InChI is InChI=1S/C22H14ClNO2S/c23-21-16-10-4-7-13-19(16)27-20(21)14-24-17-11-5-6-12-18(17)26-22(25)15-8-2-1-3-9-15/h1-14H. The number of para-hydroxylation sites is 2. The molecule has 0 aliphatic carbocycles. The summed E-state index contributed by atoms with van der Waals surface area (Å²) in [6, 6.07) is 24.0. The summed E-state index contributed by atoms with van der Waals surface area (Å²) >= 11 is 8.03. The Bertz CT molecular complexity index is 1140. The van der Waals surface area contributed by atoms with Crippen molar-refractivity contribution in [2.75, 3.05) is 0 Å². The number of thiophene rings is 1. The van der Waals surface area contributed by atoms with E-state index in [-0.39, 0.29) is 0 Å². The highest BCUT2D eigenvalue weighted by molar-refractivity contribution is 7.21. The molecule has 0 bridgehead atoms. The lowest BCUT2D eigenvalue weighted by Crippen LogP contribution is -2.08. The van der Waals surface area contributed by atoms with E-state index in [0.717, 1.165) is 15.0 Å². The van der Waals surface area contributed by atoms with E-state index in [2.05, 4.69) is 4.99 Å². The van der Waals surface area contributed by atoms with Crippen LogP contribution in [-0.2, 0) is 0 Å². The minimum Gasteiger partial charge on any atom is -0.421 e. The Morgan fingerprint density at radius 1 is 0.926 bits per heavy atom. The van der Waals surface area contributed by atoms with E-state index in [1.165, 1.54) is 0 Å². The van der Waals surface area contributed by atoms with Crippen LogP contribution in [0, 0.1) is 0 Å². The molecule has 0 N–H and O–H groups in total. The summed E-state index contributed by atoms with van der Waals surface area (Å²) in [5, 5.41) is 1.69. The number of carbonyl (C=O) groups excluding carboxylic acids is 1. The van der Waals surface area contributed by atoms with Crippen molar-refractivity contribution < 1.29 is 9.53 Å². The molecular weight excluding hydrogens is 378 g/mol. The van der Waals surface area contributed by atoms with Crippen molar-refractivity contribution >= 4 is 50.9 Å². The van der Waals surface area contributed by atoms with Crippen molar-refractivity contribution in [3.63, 3.8) is 0 Å². The van der Waals surface area contributed by atoms with Gasteiger partial charge in [-0.15, -0.1) is 11.3 Å². The number of rotatable bonds is 4. The highest BCUT2D eigenvalue weighted by Crippen LogP contribution is 2.35. The van der Waals surface area contributed by atoms with Gasteiger partial charge in [-0.1, -0.05) is 60.1 Å². The van der Waals surface area contributed by atoms with Gasteiger partial charge in [0.2, 0.25) is 0 Å². The third-order valence-electron chi connectivity index (χ3n) is 3.96. The SMILES string of the molecule is O=C(Oc1ccccc1N=Cc1sc2ccccc2c1Cl)c1ccccc1. The zero-order chi connectivity index (χ0) is 18.6. The lowest BCUT2D eigenvalue weighted by Gasteiger charge is -2.06. The molecule has 0 spiro atoms. The van der Waals surface area contributed by atoms with Gasteiger partial charge in [-0.05, 0) is 30.3 Å². The molecule has 0 atom stereocenters. The minimum atomic E-state index is -0.418. The van der Waals surface area contributed by atoms with Crippen molar-refractivity contribution in [2.24, 2.45) is 4.99 Å². The molecule has 0 aliphatic rings. The molecule has 4 rings (SSSR count). The highest BCUT2D eigenvalue weighted by Gasteiger charge is 2.11. The molecular formula is C22H14ClNO2S. The highest BCUT2D eigenvalue weighted by atomic mass is 35.5. The van der Waals surface area contributed by atoms with Gasteiger partial charge in [0.15, 0.2) is 5.75 Å². The molecule has 0 unspecified atom stereocenters. The molecule has 0 radical (unpaired) electrons. The second-order valence-electron chi connectivity index (χ2n) is 5.76. The van der Waals surface area contributed by atoms with Gasteiger partial charge in [0.1, 0.15) is 5.69 Å². The number of halogens is 1. The molecule has 132 valence electrons. The maximum Gasteiger partial charge on any atom is 0.343 e. The van der Waals surface area contributed by atoms with Crippen LogP contribution >= 0.6 is 22.9 Å². The fourth-order valence-electron chi connectivity index (χ4n) is 2.63. The number of benzene rings is 3. The summed E-state index contributed by atoms with van der Waals surface area (Å²) in [6.07, 6.45) is 1.71. The van der Waals surface area contributed by atoms with Gasteiger partial charge in [0, 0.05) is 16.3 Å². The summed E-state index contributed by atoms with van der Waals surface area (Å²) in [4.78, 5) is 17.7. The average Bonchev–Trinajstić information content (AvgIpc) is 3.04. The lowest BCUT2D eigenvalue weighted by molar-refractivity contribution is 0.0735. The number of nitrogens with zero attached hydrogens (tertiary/aromatic N) is 1. The van der Waals surface area contributed by atoms with Crippen LogP contribution in [-0.4, -0.2) is 12.2 Å². The maximum absolute atomic E-state index is 12.3. The Balaban J connectivity index is 1.62. The number of esters is 1. The van der Waals surface area contributed by atoms with Crippen molar-refractivity contribution in [1.29, 1.82) is 0 Å². The second-order valence-corrected chi connectivity index (χ2v) is 7.22. The van der Waals surface area contributed by atoms with Crippen molar-refractivity contribution in [1.82, 2.24) is 0 Å². The van der Waals surface area contributed by atoms with Crippen LogP contribution in [0.1, 0.15) is 15.2 Å². The van der Waals surface area contributed by atoms with Crippen molar-refractivity contribution in [2.45, 2.75) is 0 Å². The second kappa shape index (κ2) is 7.74. The van der Waals surface area contributed by atoms with Crippen LogP contribution in [0.4, 0.5) is 5.69 Å². The van der Waals surface area contributed by atoms with Crippen LogP contribution in [0.3, 0.4) is 0 Å². The third kappa shape index (κ3) is 3.77. The topological polar surface area (TPSA) is 38.7 Å². The predicted molar refractivity (Wildman–Crippen MR) is 112 cm³/mol. The number of aliphatic imine (C=N–C) groups is 1. The normalized spacial score (nSPS) is 11.1. The third-order valence-corrected chi connectivity index (χ3v) is 5.58. The van der Waals surface area contributed by atoms with E-state index >= 15 is 0 Å². The molecule has 0 aliphatic heterocycles. The number of hydrogen-bond acceptors (Lipinski definition) is 4. The van der Waals surface area contributed by atoms with Gasteiger partial charge < -0.3 is 4.74 Å². The first-order valence-corrected chi connectivity index (χ1v) is 9.49. The van der Waals surface area contributed by atoms with E-state index in [1.54, 1.807) is 60.0 Å². The summed E-state index contributed by atoms with van der Waals surface area (Å²) in [5.41, 5.74) is 1.05. The molecule has 5 heteroatoms. The lowest BCUT2D eigenvalue weighted by atomic mass is 10.2. The van der Waals surface area contributed by atoms with Crippen LogP contribution in [0.2, 0.25) is 5.02 Å².